The molecule has 0 N–H and O–H groups in total. The Morgan fingerprint density at radius 1 is 1.21 bits per heavy atom. The average Bonchev–Trinajstić information content (AvgIpc) is 2.96. The lowest BCUT2D eigenvalue weighted by Crippen LogP contribution is -2.41. The number of ketones is 1. The molecule has 2 heterocycles. The fourth-order valence-electron chi connectivity index (χ4n) is 1.99. The minimum atomic E-state index is -0.241. The van der Waals surface area contributed by atoms with Gasteiger partial charge >= 0.3 is 0 Å². The van der Waals surface area contributed by atoms with E-state index in [9.17, 15) is 9.59 Å². The first-order valence-electron chi connectivity index (χ1n) is 5.84. The van der Waals surface area contributed by atoms with Crippen molar-refractivity contribution in [2.24, 2.45) is 0 Å². The van der Waals surface area contributed by atoms with Crippen LogP contribution < -0.4 is 9.64 Å². The molecule has 2 aromatic rings. The van der Waals surface area contributed by atoms with Crippen LogP contribution in [0.5, 0.6) is 5.75 Å². The summed E-state index contributed by atoms with van der Waals surface area (Å²) in [6, 6.07) is 10.4. The fraction of sp³-hybridized carbons (Fsp3) is 0.143. The predicted octanol–water partition coefficient (Wildman–Crippen LogP) is 1.89. The smallest absolute Gasteiger partial charge is 0.265 e. The summed E-state index contributed by atoms with van der Waals surface area (Å²) in [5.74, 6) is 0.375. The molecule has 96 valence electrons. The molecule has 1 aliphatic rings. The van der Waals surface area contributed by atoms with E-state index in [1.54, 1.807) is 30.3 Å². The van der Waals surface area contributed by atoms with Gasteiger partial charge in [-0.2, -0.15) is 0 Å². The third-order valence-electron chi connectivity index (χ3n) is 2.91. The molecule has 0 unspecified atom stereocenters. The van der Waals surface area contributed by atoms with Crippen LogP contribution in [0, 0.1) is 0 Å². The van der Waals surface area contributed by atoms with Gasteiger partial charge in [0.2, 0.25) is 5.78 Å². The first kappa shape index (κ1) is 11.5. The molecule has 0 radical (unpaired) electrons. The first-order valence-corrected chi connectivity index (χ1v) is 5.84. The van der Waals surface area contributed by atoms with Crippen molar-refractivity contribution in [3.8, 4) is 5.75 Å². The van der Waals surface area contributed by atoms with Crippen molar-refractivity contribution >= 4 is 17.4 Å². The number of anilines is 1. The number of Topliss-reactive ketones (excluding diaryl/α,β-unsaturated/α-hetero) is 1. The number of amides is 1. The second-order valence-corrected chi connectivity index (χ2v) is 4.14. The van der Waals surface area contributed by atoms with Gasteiger partial charge in [0.1, 0.15) is 5.75 Å². The van der Waals surface area contributed by atoms with Crippen LogP contribution in [0.3, 0.4) is 0 Å². The van der Waals surface area contributed by atoms with Gasteiger partial charge in [-0.05, 0) is 24.3 Å². The van der Waals surface area contributed by atoms with Gasteiger partial charge in [0, 0.05) is 0 Å². The van der Waals surface area contributed by atoms with E-state index >= 15 is 0 Å². The SMILES string of the molecule is O=C(CN1C(=O)COc2ccccc21)c1ccco1. The number of fused-ring (bicyclic) bond motifs is 1. The maximum absolute atomic E-state index is 12.0. The molecule has 0 fully saturated rings. The Labute approximate surface area is 109 Å². The third-order valence-corrected chi connectivity index (χ3v) is 2.91. The molecule has 0 bridgehead atoms. The molecule has 1 amide bonds. The molecule has 19 heavy (non-hydrogen) atoms. The highest BCUT2D eigenvalue weighted by Crippen LogP contribution is 2.31. The largest absolute Gasteiger partial charge is 0.482 e. The van der Waals surface area contributed by atoms with E-state index in [4.69, 9.17) is 9.15 Å². The summed E-state index contributed by atoms with van der Waals surface area (Å²) in [6.45, 7) is -0.102. The zero-order valence-corrected chi connectivity index (χ0v) is 10.0. The number of nitrogens with zero attached hydrogens (tertiary/aromatic N) is 1. The van der Waals surface area contributed by atoms with Gasteiger partial charge in [-0.1, -0.05) is 12.1 Å². The molecule has 5 heteroatoms. The Bertz CT molecular complexity index is 618. The molecule has 0 saturated carbocycles. The second-order valence-electron chi connectivity index (χ2n) is 4.14. The minimum Gasteiger partial charge on any atom is -0.482 e. The van der Waals surface area contributed by atoms with Crippen molar-refractivity contribution < 1.29 is 18.7 Å². The highest BCUT2D eigenvalue weighted by atomic mass is 16.5. The van der Waals surface area contributed by atoms with E-state index in [1.807, 2.05) is 6.07 Å². The molecule has 0 spiro atoms. The monoisotopic (exact) mass is 257 g/mol. The Morgan fingerprint density at radius 3 is 2.84 bits per heavy atom. The van der Waals surface area contributed by atoms with Crippen LogP contribution in [-0.4, -0.2) is 24.8 Å². The highest BCUT2D eigenvalue weighted by Gasteiger charge is 2.27. The Kier molecular flexibility index (Phi) is 2.79. The number of hydrogen-bond acceptors (Lipinski definition) is 4. The Balaban J connectivity index is 1.88. The minimum absolute atomic E-state index is 0.0489. The molecule has 3 rings (SSSR count). The van der Waals surface area contributed by atoms with Crippen molar-refractivity contribution in [2.45, 2.75) is 0 Å². The number of hydrogen-bond donors (Lipinski definition) is 0. The summed E-state index contributed by atoms with van der Waals surface area (Å²) in [6.07, 6.45) is 1.43. The summed E-state index contributed by atoms with van der Waals surface area (Å²) < 4.78 is 10.4. The van der Waals surface area contributed by atoms with Crippen LogP contribution in [0.2, 0.25) is 0 Å². The zero-order chi connectivity index (χ0) is 13.2. The number of rotatable bonds is 3. The Hall–Kier alpha value is -2.56. The summed E-state index contributed by atoms with van der Waals surface area (Å²) in [7, 11) is 0. The van der Waals surface area contributed by atoms with Gasteiger partial charge in [0.05, 0.1) is 18.5 Å². The number of carbonyl (C=O) groups excluding carboxylic acids is 2. The normalized spacial score (nSPS) is 13.9. The van der Waals surface area contributed by atoms with Gasteiger partial charge in [-0.25, -0.2) is 0 Å². The quantitative estimate of drug-likeness (QED) is 0.788. The molecule has 0 atom stereocenters. The zero-order valence-electron chi connectivity index (χ0n) is 10.0. The van der Waals surface area contributed by atoms with Crippen molar-refractivity contribution in [3.63, 3.8) is 0 Å². The van der Waals surface area contributed by atoms with E-state index in [-0.39, 0.29) is 30.6 Å². The topological polar surface area (TPSA) is 59.8 Å². The molecule has 5 nitrogen and oxygen atoms in total. The van der Waals surface area contributed by atoms with Crippen LogP contribution in [0.1, 0.15) is 10.6 Å². The van der Waals surface area contributed by atoms with Crippen LogP contribution in [-0.2, 0) is 4.79 Å². The van der Waals surface area contributed by atoms with Crippen molar-refractivity contribution in [3.05, 3.63) is 48.4 Å². The van der Waals surface area contributed by atoms with Gasteiger partial charge in [-0.15, -0.1) is 0 Å². The molecule has 0 aliphatic carbocycles. The molecule has 0 saturated heterocycles. The van der Waals surface area contributed by atoms with Crippen LogP contribution in [0.25, 0.3) is 0 Å². The standard InChI is InChI=1S/C14H11NO4/c16-11(13-6-3-7-18-13)8-15-10-4-1-2-5-12(10)19-9-14(15)17/h1-7H,8-9H2. The summed E-state index contributed by atoms with van der Waals surface area (Å²) >= 11 is 0. The van der Waals surface area contributed by atoms with Gasteiger partial charge in [-0.3, -0.25) is 14.5 Å². The fourth-order valence-corrected chi connectivity index (χ4v) is 1.99. The van der Waals surface area contributed by atoms with E-state index < -0.39 is 0 Å². The lowest BCUT2D eigenvalue weighted by molar-refractivity contribution is -0.121. The van der Waals surface area contributed by atoms with Gasteiger partial charge < -0.3 is 9.15 Å². The highest BCUT2D eigenvalue weighted by molar-refractivity contribution is 6.06. The second kappa shape index (κ2) is 4.61. The number of furan rings is 1. The van der Waals surface area contributed by atoms with Gasteiger partial charge in [0.15, 0.2) is 12.4 Å². The van der Waals surface area contributed by atoms with Crippen LogP contribution >= 0.6 is 0 Å². The van der Waals surface area contributed by atoms with Crippen molar-refractivity contribution in [2.75, 3.05) is 18.1 Å². The van der Waals surface area contributed by atoms with Crippen LogP contribution in [0.4, 0.5) is 5.69 Å². The predicted molar refractivity (Wildman–Crippen MR) is 67.3 cm³/mol. The van der Waals surface area contributed by atoms with Gasteiger partial charge in [0.25, 0.3) is 5.91 Å². The van der Waals surface area contributed by atoms with E-state index in [2.05, 4.69) is 0 Å². The van der Waals surface area contributed by atoms with Crippen LogP contribution in [0.15, 0.2) is 47.1 Å². The van der Waals surface area contributed by atoms with E-state index in [0.29, 0.717) is 11.4 Å². The lowest BCUT2D eigenvalue weighted by Gasteiger charge is -2.28. The van der Waals surface area contributed by atoms with E-state index in [0.717, 1.165) is 0 Å². The lowest BCUT2D eigenvalue weighted by atomic mass is 10.2. The number of ether oxygens (including phenoxy) is 1. The molecule has 1 aromatic carbocycles. The number of para-hydroxylation sites is 2. The number of carbonyl (C=O) groups is 2. The molecular weight excluding hydrogens is 246 g/mol. The average molecular weight is 257 g/mol. The maximum atomic E-state index is 12.0. The number of benzene rings is 1. The molecule has 1 aliphatic heterocycles. The molecule has 1 aromatic heterocycles. The maximum Gasteiger partial charge on any atom is 0.265 e. The van der Waals surface area contributed by atoms with Crippen molar-refractivity contribution in [1.82, 2.24) is 0 Å². The summed E-state index contributed by atoms with van der Waals surface area (Å²) in [5, 5.41) is 0. The third kappa shape index (κ3) is 2.10. The Morgan fingerprint density at radius 2 is 2.05 bits per heavy atom. The summed E-state index contributed by atoms with van der Waals surface area (Å²) in [5.41, 5.74) is 0.610. The summed E-state index contributed by atoms with van der Waals surface area (Å²) in [4.78, 5) is 25.3. The van der Waals surface area contributed by atoms with E-state index in [1.165, 1.54) is 11.2 Å². The van der Waals surface area contributed by atoms with Crippen molar-refractivity contribution in [1.29, 1.82) is 0 Å². The molecular formula is C14H11NO4. The first-order chi connectivity index (χ1) is 9.25.